The fourth-order valence-corrected chi connectivity index (χ4v) is 2.08. The summed E-state index contributed by atoms with van der Waals surface area (Å²) in [7, 11) is 0. The number of hydrogen-bond donors (Lipinski definition) is 0. The van der Waals surface area contributed by atoms with Crippen LogP contribution in [0.4, 0.5) is 5.69 Å². The average Bonchev–Trinajstić information content (AvgIpc) is 2.68. The smallest absolute Gasteiger partial charge is 0.270 e. The van der Waals surface area contributed by atoms with E-state index in [0.717, 1.165) is 16.5 Å². The summed E-state index contributed by atoms with van der Waals surface area (Å²) in [6.07, 6.45) is 6.30. The van der Waals surface area contributed by atoms with Crippen molar-refractivity contribution in [2.24, 2.45) is 0 Å². The second-order valence-electron chi connectivity index (χ2n) is 4.05. The summed E-state index contributed by atoms with van der Waals surface area (Å²) in [5.41, 5.74) is 2.15. The van der Waals surface area contributed by atoms with E-state index in [1.165, 1.54) is 6.07 Å². The van der Waals surface area contributed by atoms with E-state index in [1.54, 1.807) is 24.3 Å². The molecule has 0 fully saturated rings. The number of nitrogens with zero attached hydrogens (tertiary/aromatic N) is 2. The molecule has 4 nitrogen and oxygen atoms in total. The number of nitro groups is 1. The molecule has 1 aromatic carbocycles. The summed E-state index contributed by atoms with van der Waals surface area (Å²) in [5, 5.41) is 11.7. The molecule has 4 heteroatoms. The number of nitro benzene ring substituents is 1. The van der Waals surface area contributed by atoms with Gasteiger partial charge in [0.25, 0.3) is 5.69 Å². The second-order valence-corrected chi connectivity index (χ2v) is 4.05. The Balaban J connectivity index is 2.66. The fourth-order valence-electron chi connectivity index (χ4n) is 2.08. The zero-order valence-corrected chi connectivity index (χ0v) is 10.0. The van der Waals surface area contributed by atoms with Gasteiger partial charge in [-0.05, 0) is 18.1 Å². The van der Waals surface area contributed by atoms with Gasteiger partial charge in [0.05, 0.1) is 4.92 Å². The SMILES string of the molecule is C=CCc1cn(CC=C)c2ccc([N+](=O)[O-])cc12. The molecule has 0 atom stereocenters. The first-order valence-corrected chi connectivity index (χ1v) is 5.65. The van der Waals surface area contributed by atoms with Crippen LogP contribution < -0.4 is 0 Å². The van der Waals surface area contributed by atoms with Crippen molar-refractivity contribution in [3.05, 3.63) is 65.4 Å². The first-order valence-electron chi connectivity index (χ1n) is 5.65. The maximum atomic E-state index is 10.8. The molecule has 0 aliphatic heterocycles. The lowest BCUT2D eigenvalue weighted by atomic mass is 10.1. The molecule has 0 saturated carbocycles. The minimum Gasteiger partial charge on any atom is -0.343 e. The quantitative estimate of drug-likeness (QED) is 0.458. The van der Waals surface area contributed by atoms with Crippen LogP contribution in [0.15, 0.2) is 49.7 Å². The lowest BCUT2D eigenvalue weighted by Crippen LogP contribution is -1.92. The third-order valence-electron chi connectivity index (χ3n) is 2.85. The number of fused-ring (bicyclic) bond motifs is 1. The van der Waals surface area contributed by atoms with Gasteiger partial charge in [0, 0.05) is 35.8 Å². The molecular formula is C14H14N2O2. The molecule has 2 rings (SSSR count). The Morgan fingerprint density at radius 1 is 1.33 bits per heavy atom. The van der Waals surface area contributed by atoms with E-state index < -0.39 is 0 Å². The first-order chi connectivity index (χ1) is 8.67. The van der Waals surface area contributed by atoms with Crippen LogP contribution in [0.3, 0.4) is 0 Å². The number of aromatic nitrogens is 1. The highest BCUT2D eigenvalue weighted by atomic mass is 16.6. The molecule has 0 unspecified atom stereocenters. The lowest BCUT2D eigenvalue weighted by molar-refractivity contribution is -0.384. The van der Waals surface area contributed by atoms with Gasteiger partial charge in [-0.25, -0.2) is 0 Å². The highest BCUT2D eigenvalue weighted by Gasteiger charge is 2.12. The van der Waals surface area contributed by atoms with E-state index in [9.17, 15) is 10.1 Å². The summed E-state index contributed by atoms with van der Waals surface area (Å²) < 4.78 is 2.03. The van der Waals surface area contributed by atoms with E-state index in [4.69, 9.17) is 0 Å². The predicted octanol–water partition coefficient (Wildman–Crippen LogP) is 3.46. The second kappa shape index (κ2) is 4.87. The molecule has 0 N–H and O–H groups in total. The number of allylic oxidation sites excluding steroid dienone is 2. The molecule has 0 radical (unpaired) electrons. The summed E-state index contributed by atoms with van der Waals surface area (Å²) in [4.78, 5) is 10.4. The van der Waals surface area contributed by atoms with Crippen molar-refractivity contribution in [1.29, 1.82) is 0 Å². The molecule has 1 aromatic heterocycles. The van der Waals surface area contributed by atoms with Gasteiger partial charge < -0.3 is 4.57 Å². The van der Waals surface area contributed by atoms with Crippen LogP contribution in [0.5, 0.6) is 0 Å². The van der Waals surface area contributed by atoms with E-state index in [1.807, 2.05) is 10.8 Å². The zero-order valence-electron chi connectivity index (χ0n) is 10.0. The fraction of sp³-hybridized carbons (Fsp3) is 0.143. The predicted molar refractivity (Wildman–Crippen MR) is 72.7 cm³/mol. The highest BCUT2D eigenvalue weighted by molar-refractivity contribution is 5.86. The molecule has 0 spiro atoms. The number of non-ortho nitro benzene ring substituents is 1. The third kappa shape index (κ3) is 2.05. The lowest BCUT2D eigenvalue weighted by Gasteiger charge is -2.00. The van der Waals surface area contributed by atoms with Crippen molar-refractivity contribution in [2.45, 2.75) is 13.0 Å². The van der Waals surface area contributed by atoms with Crippen LogP contribution in [0.25, 0.3) is 10.9 Å². The highest BCUT2D eigenvalue weighted by Crippen LogP contribution is 2.26. The topological polar surface area (TPSA) is 48.1 Å². The third-order valence-corrected chi connectivity index (χ3v) is 2.85. The van der Waals surface area contributed by atoms with Crippen LogP contribution in [-0.2, 0) is 13.0 Å². The van der Waals surface area contributed by atoms with Crippen molar-refractivity contribution < 1.29 is 4.92 Å². The molecule has 0 aliphatic rings. The molecule has 0 aliphatic carbocycles. The molecule has 92 valence electrons. The molecule has 0 bridgehead atoms. The van der Waals surface area contributed by atoms with Gasteiger partial charge in [0.15, 0.2) is 0 Å². The first kappa shape index (κ1) is 12.1. The van der Waals surface area contributed by atoms with Gasteiger partial charge in [-0.3, -0.25) is 10.1 Å². The van der Waals surface area contributed by atoms with Crippen LogP contribution in [-0.4, -0.2) is 9.49 Å². The van der Waals surface area contributed by atoms with E-state index in [-0.39, 0.29) is 10.6 Å². The molecule has 0 saturated heterocycles. The Hall–Kier alpha value is -2.36. The van der Waals surface area contributed by atoms with Gasteiger partial charge >= 0.3 is 0 Å². The van der Waals surface area contributed by atoms with Crippen LogP contribution >= 0.6 is 0 Å². The Kier molecular flexibility index (Phi) is 3.28. The van der Waals surface area contributed by atoms with Crippen molar-refractivity contribution in [3.8, 4) is 0 Å². The Morgan fingerprint density at radius 3 is 2.72 bits per heavy atom. The van der Waals surface area contributed by atoms with Crippen molar-refractivity contribution in [2.75, 3.05) is 0 Å². The van der Waals surface area contributed by atoms with Gasteiger partial charge in [-0.15, -0.1) is 13.2 Å². The van der Waals surface area contributed by atoms with Crippen LogP contribution in [0.1, 0.15) is 5.56 Å². The molecular weight excluding hydrogens is 228 g/mol. The summed E-state index contributed by atoms with van der Waals surface area (Å²) >= 11 is 0. The van der Waals surface area contributed by atoms with Gasteiger partial charge in [-0.1, -0.05) is 12.2 Å². The van der Waals surface area contributed by atoms with Gasteiger partial charge in [-0.2, -0.15) is 0 Å². The summed E-state index contributed by atoms with van der Waals surface area (Å²) in [5.74, 6) is 0. The van der Waals surface area contributed by atoms with E-state index in [2.05, 4.69) is 13.2 Å². The van der Waals surface area contributed by atoms with Gasteiger partial charge in [0.1, 0.15) is 0 Å². The summed E-state index contributed by atoms with van der Waals surface area (Å²) in [6, 6.07) is 4.93. The standard InChI is InChI=1S/C14H14N2O2/c1-3-5-11-10-15(8-4-2)14-7-6-12(16(17)18)9-13(11)14/h3-4,6-7,9-10H,1-2,5,8H2. The minimum absolute atomic E-state index is 0.115. The van der Waals surface area contributed by atoms with Crippen molar-refractivity contribution in [1.82, 2.24) is 4.57 Å². The molecule has 1 heterocycles. The monoisotopic (exact) mass is 242 g/mol. The van der Waals surface area contributed by atoms with E-state index in [0.29, 0.717) is 13.0 Å². The maximum absolute atomic E-state index is 10.8. The van der Waals surface area contributed by atoms with Crippen LogP contribution in [0.2, 0.25) is 0 Å². The average molecular weight is 242 g/mol. The number of hydrogen-bond acceptors (Lipinski definition) is 2. The number of benzene rings is 1. The normalized spacial score (nSPS) is 10.4. The largest absolute Gasteiger partial charge is 0.343 e. The van der Waals surface area contributed by atoms with Gasteiger partial charge in [0.2, 0.25) is 0 Å². The maximum Gasteiger partial charge on any atom is 0.270 e. The molecule has 18 heavy (non-hydrogen) atoms. The van der Waals surface area contributed by atoms with Crippen molar-refractivity contribution >= 4 is 16.6 Å². The molecule has 2 aromatic rings. The zero-order chi connectivity index (χ0) is 13.1. The number of rotatable bonds is 5. The van der Waals surface area contributed by atoms with Crippen LogP contribution in [0, 0.1) is 10.1 Å². The molecule has 0 amide bonds. The summed E-state index contributed by atoms with van der Waals surface area (Å²) in [6.45, 7) is 8.11. The Morgan fingerprint density at radius 2 is 2.11 bits per heavy atom. The Bertz CT molecular complexity index is 626. The minimum atomic E-state index is -0.373. The van der Waals surface area contributed by atoms with Crippen molar-refractivity contribution in [3.63, 3.8) is 0 Å². The van der Waals surface area contributed by atoms with E-state index >= 15 is 0 Å². The Labute approximate surface area is 105 Å².